The van der Waals surface area contributed by atoms with E-state index in [1.807, 2.05) is 43.3 Å². The Morgan fingerprint density at radius 3 is 2.35 bits per heavy atom. The normalized spacial score (nSPS) is 22.8. The number of rotatable bonds is 3. The van der Waals surface area contributed by atoms with Crippen molar-refractivity contribution in [3.63, 3.8) is 0 Å². The second kappa shape index (κ2) is 4.75. The summed E-state index contributed by atoms with van der Waals surface area (Å²) < 4.78 is 0. The van der Waals surface area contributed by atoms with Crippen LogP contribution in [-0.4, -0.2) is 32.1 Å². The fourth-order valence-corrected chi connectivity index (χ4v) is 1.96. The van der Waals surface area contributed by atoms with Crippen LogP contribution in [0, 0.1) is 0 Å². The highest BCUT2D eigenvalue weighted by molar-refractivity contribution is 5.94. The molecule has 1 fully saturated rings. The van der Waals surface area contributed by atoms with Crippen molar-refractivity contribution in [3.05, 3.63) is 29.8 Å². The van der Waals surface area contributed by atoms with Crippen molar-refractivity contribution in [2.24, 2.45) is 5.73 Å². The summed E-state index contributed by atoms with van der Waals surface area (Å²) in [4.78, 5) is 13.9. The molecule has 4 nitrogen and oxygen atoms in total. The second-order valence-electron chi connectivity index (χ2n) is 4.84. The van der Waals surface area contributed by atoms with Crippen LogP contribution in [0.2, 0.25) is 0 Å². The molecule has 0 radical (unpaired) electrons. The first-order chi connectivity index (χ1) is 8.06. The van der Waals surface area contributed by atoms with E-state index in [1.54, 1.807) is 0 Å². The molecule has 1 aromatic rings. The van der Waals surface area contributed by atoms with Crippen molar-refractivity contribution in [1.82, 2.24) is 5.32 Å². The molecular weight excluding hydrogens is 214 g/mol. The Labute approximate surface area is 102 Å². The van der Waals surface area contributed by atoms with Gasteiger partial charge in [0.25, 0.3) is 5.91 Å². The van der Waals surface area contributed by atoms with Gasteiger partial charge in [0.15, 0.2) is 0 Å². The first kappa shape index (κ1) is 11.9. The van der Waals surface area contributed by atoms with E-state index in [0.29, 0.717) is 5.56 Å². The van der Waals surface area contributed by atoms with E-state index in [4.69, 9.17) is 5.73 Å². The lowest BCUT2D eigenvalue weighted by molar-refractivity contribution is 0.0910. The van der Waals surface area contributed by atoms with Gasteiger partial charge in [0.1, 0.15) is 0 Å². The summed E-state index contributed by atoms with van der Waals surface area (Å²) in [7, 11) is 3.95. The third kappa shape index (κ3) is 2.77. The number of carbonyl (C=O) groups excluding carboxylic acids is 1. The molecular formula is C13H19N3O. The maximum absolute atomic E-state index is 11.9. The number of hydrogen-bond acceptors (Lipinski definition) is 3. The molecule has 0 aliphatic heterocycles. The van der Waals surface area contributed by atoms with Crippen LogP contribution in [0.1, 0.15) is 23.2 Å². The minimum Gasteiger partial charge on any atom is -0.378 e. The van der Waals surface area contributed by atoms with Crippen molar-refractivity contribution in [3.8, 4) is 0 Å². The largest absolute Gasteiger partial charge is 0.378 e. The maximum atomic E-state index is 11.9. The van der Waals surface area contributed by atoms with Crippen LogP contribution in [0.15, 0.2) is 24.3 Å². The molecule has 0 aromatic heterocycles. The molecule has 1 aromatic carbocycles. The van der Waals surface area contributed by atoms with E-state index in [-0.39, 0.29) is 18.0 Å². The van der Waals surface area contributed by atoms with E-state index in [9.17, 15) is 4.79 Å². The van der Waals surface area contributed by atoms with Crippen LogP contribution in [0.25, 0.3) is 0 Å². The Morgan fingerprint density at radius 1 is 1.29 bits per heavy atom. The Kier molecular flexibility index (Phi) is 3.33. The lowest BCUT2D eigenvalue weighted by Crippen LogP contribution is -2.50. The van der Waals surface area contributed by atoms with Crippen molar-refractivity contribution >= 4 is 11.6 Å². The lowest BCUT2D eigenvalue weighted by Gasteiger charge is -2.32. The van der Waals surface area contributed by atoms with Crippen LogP contribution in [0.5, 0.6) is 0 Å². The van der Waals surface area contributed by atoms with Crippen molar-refractivity contribution in [1.29, 1.82) is 0 Å². The zero-order valence-corrected chi connectivity index (χ0v) is 10.3. The summed E-state index contributed by atoms with van der Waals surface area (Å²) in [6.07, 6.45) is 1.78. The number of hydrogen-bond donors (Lipinski definition) is 2. The summed E-state index contributed by atoms with van der Waals surface area (Å²) >= 11 is 0. The SMILES string of the molecule is CN(C)c1ccc(C(=O)NC2CC(N)C2)cc1. The standard InChI is InChI=1S/C13H19N3O/c1-16(2)12-5-3-9(4-6-12)13(17)15-11-7-10(14)8-11/h3-6,10-11H,7-8,14H2,1-2H3,(H,15,17). The molecule has 0 heterocycles. The third-order valence-electron chi connectivity index (χ3n) is 3.16. The van der Waals surface area contributed by atoms with Gasteiger partial charge in [-0.15, -0.1) is 0 Å². The predicted octanol–water partition coefficient (Wildman–Crippen LogP) is 0.972. The Morgan fingerprint density at radius 2 is 1.88 bits per heavy atom. The van der Waals surface area contributed by atoms with Crippen molar-refractivity contribution in [2.75, 3.05) is 19.0 Å². The number of amides is 1. The van der Waals surface area contributed by atoms with Crippen LogP contribution in [0.4, 0.5) is 5.69 Å². The van der Waals surface area contributed by atoms with Crippen LogP contribution < -0.4 is 16.0 Å². The first-order valence-corrected chi connectivity index (χ1v) is 5.90. The third-order valence-corrected chi connectivity index (χ3v) is 3.16. The molecule has 0 bridgehead atoms. The highest BCUT2D eigenvalue weighted by atomic mass is 16.1. The molecule has 0 spiro atoms. The highest BCUT2D eigenvalue weighted by Crippen LogP contribution is 2.18. The molecule has 1 amide bonds. The van der Waals surface area contributed by atoms with E-state index in [2.05, 4.69) is 5.32 Å². The highest BCUT2D eigenvalue weighted by Gasteiger charge is 2.27. The van der Waals surface area contributed by atoms with Gasteiger partial charge in [0, 0.05) is 37.4 Å². The fourth-order valence-electron chi connectivity index (χ4n) is 1.96. The van der Waals surface area contributed by atoms with Gasteiger partial charge < -0.3 is 16.0 Å². The quantitative estimate of drug-likeness (QED) is 0.818. The van der Waals surface area contributed by atoms with Gasteiger partial charge in [-0.05, 0) is 37.1 Å². The molecule has 0 unspecified atom stereocenters. The zero-order valence-electron chi connectivity index (χ0n) is 10.3. The zero-order chi connectivity index (χ0) is 12.4. The minimum absolute atomic E-state index is 0.00722. The molecule has 92 valence electrons. The summed E-state index contributed by atoms with van der Waals surface area (Å²) in [6.45, 7) is 0. The van der Waals surface area contributed by atoms with Crippen LogP contribution >= 0.6 is 0 Å². The molecule has 17 heavy (non-hydrogen) atoms. The van der Waals surface area contributed by atoms with Gasteiger partial charge in [-0.3, -0.25) is 4.79 Å². The first-order valence-electron chi connectivity index (χ1n) is 5.90. The van der Waals surface area contributed by atoms with Gasteiger partial charge in [0.05, 0.1) is 0 Å². The number of carbonyl (C=O) groups is 1. The van der Waals surface area contributed by atoms with Gasteiger partial charge >= 0.3 is 0 Å². The molecule has 1 aliphatic rings. The van der Waals surface area contributed by atoms with Crippen LogP contribution in [-0.2, 0) is 0 Å². The molecule has 3 N–H and O–H groups in total. The van der Waals surface area contributed by atoms with Gasteiger partial charge in [0.2, 0.25) is 0 Å². The van der Waals surface area contributed by atoms with E-state index in [1.165, 1.54) is 0 Å². The minimum atomic E-state index is -0.00722. The van der Waals surface area contributed by atoms with Gasteiger partial charge in [-0.25, -0.2) is 0 Å². The summed E-state index contributed by atoms with van der Waals surface area (Å²) in [5, 5.41) is 2.98. The molecule has 2 rings (SSSR count). The van der Waals surface area contributed by atoms with Gasteiger partial charge in [-0.2, -0.15) is 0 Å². The predicted molar refractivity (Wildman–Crippen MR) is 69.2 cm³/mol. The molecule has 1 aliphatic carbocycles. The van der Waals surface area contributed by atoms with E-state index in [0.717, 1.165) is 18.5 Å². The lowest BCUT2D eigenvalue weighted by atomic mass is 9.87. The number of anilines is 1. The van der Waals surface area contributed by atoms with Crippen LogP contribution in [0.3, 0.4) is 0 Å². The Balaban J connectivity index is 1.95. The smallest absolute Gasteiger partial charge is 0.251 e. The molecule has 4 heteroatoms. The average molecular weight is 233 g/mol. The van der Waals surface area contributed by atoms with E-state index < -0.39 is 0 Å². The fraction of sp³-hybridized carbons (Fsp3) is 0.462. The van der Waals surface area contributed by atoms with Crippen molar-refractivity contribution in [2.45, 2.75) is 24.9 Å². The van der Waals surface area contributed by atoms with Crippen molar-refractivity contribution < 1.29 is 4.79 Å². The number of nitrogens with two attached hydrogens (primary N) is 1. The average Bonchev–Trinajstić information content (AvgIpc) is 2.27. The number of benzene rings is 1. The molecule has 0 atom stereocenters. The monoisotopic (exact) mass is 233 g/mol. The topological polar surface area (TPSA) is 58.4 Å². The van der Waals surface area contributed by atoms with Gasteiger partial charge in [-0.1, -0.05) is 0 Å². The number of nitrogens with zero attached hydrogens (tertiary/aromatic N) is 1. The maximum Gasteiger partial charge on any atom is 0.251 e. The molecule has 1 saturated carbocycles. The molecule has 0 saturated heterocycles. The number of nitrogens with one attached hydrogen (secondary N) is 1. The summed E-state index contributed by atoms with van der Waals surface area (Å²) in [5.41, 5.74) is 7.47. The Bertz CT molecular complexity index is 394. The van der Waals surface area contributed by atoms with E-state index >= 15 is 0 Å². The summed E-state index contributed by atoms with van der Waals surface area (Å²) in [5.74, 6) is -0.00722. The Hall–Kier alpha value is -1.55. The second-order valence-corrected chi connectivity index (χ2v) is 4.84. The summed E-state index contributed by atoms with van der Waals surface area (Å²) in [6, 6.07) is 8.11.